The van der Waals surface area contributed by atoms with Gasteiger partial charge in [0.05, 0.1) is 0 Å². The van der Waals surface area contributed by atoms with Crippen molar-refractivity contribution in [2.75, 3.05) is 14.1 Å². The van der Waals surface area contributed by atoms with E-state index >= 15 is 0 Å². The molecular weight excluding hydrogens is 215 g/mol. The summed E-state index contributed by atoms with van der Waals surface area (Å²) in [4.78, 5) is 2.18. The molecule has 3 heteroatoms. The SMILES string of the molecule is Cc1cc2c(ccn2C[C@@H](C)N(C)C)cc1F. The Kier molecular flexibility index (Phi) is 3.20. The van der Waals surface area contributed by atoms with Gasteiger partial charge >= 0.3 is 0 Å². The number of aromatic nitrogens is 1. The molecule has 92 valence electrons. The highest BCUT2D eigenvalue weighted by Crippen LogP contribution is 2.20. The summed E-state index contributed by atoms with van der Waals surface area (Å²) in [5.41, 5.74) is 1.81. The second-order valence-corrected chi connectivity index (χ2v) is 4.94. The van der Waals surface area contributed by atoms with Crippen molar-refractivity contribution in [3.8, 4) is 0 Å². The molecule has 0 radical (unpaired) electrons. The highest BCUT2D eigenvalue weighted by Gasteiger charge is 2.09. The van der Waals surface area contributed by atoms with Crippen molar-refractivity contribution in [2.24, 2.45) is 0 Å². The van der Waals surface area contributed by atoms with Crippen LogP contribution >= 0.6 is 0 Å². The first-order chi connectivity index (χ1) is 7.99. The van der Waals surface area contributed by atoms with E-state index in [1.807, 2.05) is 25.3 Å². The minimum absolute atomic E-state index is 0.129. The second-order valence-electron chi connectivity index (χ2n) is 4.94. The summed E-state index contributed by atoms with van der Waals surface area (Å²) in [6.45, 7) is 4.91. The van der Waals surface area contributed by atoms with E-state index in [1.54, 1.807) is 6.07 Å². The highest BCUT2D eigenvalue weighted by atomic mass is 19.1. The van der Waals surface area contributed by atoms with Crippen molar-refractivity contribution in [3.05, 3.63) is 35.8 Å². The number of nitrogens with zero attached hydrogens (tertiary/aromatic N) is 2. The molecule has 0 unspecified atom stereocenters. The molecule has 2 aromatic rings. The van der Waals surface area contributed by atoms with E-state index in [2.05, 4.69) is 30.5 Å². The van der Waals surface area contributed by atoms with Crippen molar-refractivity contribution in [1.82, 2.24) is 9.47 Å². The fraction of sp³-hybridized carbons (Fsp3) is 0.429. The van der Waals surface area contributed by atoms with Crippen LogP contribution in [0, 0.1) is 12.7 Å². The zero-order valence-electron chi connectivity index (χ0n) is 10.9. The zero-order chi connectivity index (χ0) is 12.6. The molecule has 0 saturated heterocycles. The Morgan fingerprint density at radius 1 is 1.35 bits per heavy atom. The van der Waals surface area contributed by atoms with E-state index < -0.39 is 0 Å². The Morgan fingerprint density at radius 3 is 2.71 bits per heavy atom. The Bertz CT molecular complexity index is 528. The van der Waals surface area contributed by atoms with Crippen LogP contribution in [0.2, 0.25) is 0 Å². The second kappa shape index (κ2) is 4.49. The molecule has 1 heterocycles. The van der Waals surface area contributed by atoms with Gasteiger partial charge in [-0.1, -0.05) is 0 Å². The molecule has 0 bridgehead atoms. The van der Waals surface area contributed by atoms with Crippen LogP contribution in [0.4, 0.5) is 4.39 Å². The average Bonchev–Trinajstić information content (AvgIpc) is 2.62. The molecule has 17 heavy (non-hydrogen) atoms. The average molecular weight is 234 g/mol. The van der Waals surface area contributed by atoms with Crippen molar-refractivity contribution in [2.45, 2.75) is 26.4 Å². The molecule has 0 aliphatic carbocycles. The van der Waals surface area contributed by atoms with Gasteiger partial charge in [-0.05, 0) is 51.7 Å². The van der Waals surface area contributed by atoms with Gasteiger partial charge < -0.3 is 9.47 Å². The Hall–Kier alpha value is -1.35. The van der Waals surface area contributed by atoms with Crippen LogP contribution < -0.4 is 0 Å². The quantitative estimate of drug-likeness (QED) is 0.792. The van der Waals surface area contributed by atoms with Gasteiger partial charge in [-0.3, -0.25) is 0 Å². The van der Waals surface area contributed by atoms with Gasteiger partial charge in [0.2, 0.25) is 0 Å². The summed E-state index contributed by atoms with van der Waals surface area (Å²) >= 11 is 0. The molecule has 0 fully saturated rings. The van der Waals surface area contributed by atoms with Gasteiger partial charge in [0, 0.05) is 29.7 Å². The monoisotopic (exact) mass is 234 g/mol. The molecule has 0 saturated carbocycles. The largest absolute Gasteiger partial charge is 0.346 e. The molecule has 1 aromatic carbocycles. The molecule has 0 aliphatic heterocycles. The molecule has 2 rings (SSSR count). The lowest BCUT2D eigenvalue weighted by atomic mass is 10.2. The molecule has 0 aliphatic rings. The third kappa shape index (κ3) is 2.34. The van der Waals surface area contributed by atoms with Gasteiger partial charge in [-0.25, -0.2) is 4.39 Å². The summed E-state index contributed by atoms with van der Waals surface area (Å²) in [5.74, 6) is -0.129. The van der Waals surface area contributed by atoms with E-state index in [9.17, 15) is 4.39 Å². The minimum Gasteiger partial charge on any atom is -0.346 e. The minimum atomic E-state index is -0.129. The third-order valence-corrected chi connectivity index (χ3v) is 3.39. The van der Waals surface area contributed by atoms with Crippen LogP contribution in [0.3, 0.4) is 0 Å². The van der Waals surface area contributed by atoms with Gasteiger partial charge in [-0.15, -0.1) is 0 Å². The number of aryl methyl sites for hydroxylation is 1. The molecule has 0 spiro atoms. The molecule has 0 N–H and O–H groups in total. The lowest BCUT2D eigenvalue weighted by Crippen LogP contribution is -2.28. The Balaban J connectivity index is 2.39. The predicted molar refractivity (Wildman–Crippen MR) is 69.8 cm³/mol. The molecule has 2 nitrogen and oxygen atoms in total. The molecule has 0 amide bonds. The number of halogens is 1. The van der Waals surface area contributed by atoms with Crippen LogP contribution in [0.1, 0.15) is 12.5 Å². The molecule has 1 atom stereocenters. The molecular formula is C14H19FN2. The van der Waals surface area contributed by atoms with E-state index in [4.69, 9.17) is 0 Å². The standard InChI is InChI=1S/C14H19FN2/c1-10-7-14-12(8-13(10)15)5-6-17(14)9-11(2)16(3)4/h5-8,11H,9H2,1-4H3/t11-/m1/s1. The summed E-state index contributed by atoms with van der Waals surface area (Å²) in [6, 6.07) is 5.96. The van der Waals surface area contributed by atoms with Crippen LogP contribution in [-0.4, -0.2) is 29.6 Å². The first-order valence-electron chi connectivity index (χ1n) is 5.90. The van der Waals surface area contributed by atoms with E-state index in [-0.39, 0.29) is 5.82 Å². The Morgan fingerprint density at radius 2 is 2.06 bits per heavy atom. The third-order valence-electron chi connectivity index (χ3n) is 3.39. The highest BCUT2D eigenvalue weighted by molar-refractivity contribution is 5.81. The fourth-order valence-electron chi connectivity index (χ4n) is 1.92. The zero-order valence-corrected chi connectivity index (χ0v) is 10.9. The van der Waals surface area contributed by atoms with Crippen molar-refractivity contribution in [1.29, 1.82) is 0 Å². The summed E-state index contributed by atoms with van der Waals surface area (Å²) in [7, 11) is 4.14. The van der Waals surface area contributed by atoms with E-state index in [0.717, 1.165) is 17.4 Å². The van der Waals surface area contributed by atoms with Gasteiger partial charge in [0.25, 0.3) is 0 Å². The first kappa shape index (κ1) is 12.1. The van der Waals surface area contributed by atoms with Gasteiger partial charge in [-0.2, -0.15) is 0 Å². The maximum absolute atomic E-state index is 13.4. The number of hydrogen-bond acceptors (Lipinski definition) is 1. The molecule has 1 aromatic heterocycles. The van der Waals surface area contributed by atoms with Crippen LogP contribution in [0.5, 0.6) is 0 Å². The summed E-state index contributed by atoms with van der Waals surface area (Å²) < 4.78 is 15.6. The van der Waals surface area contributed by atoms with Gasteiger partial charge in [0.1, 0.15) is 5.82 Å². The van der Waals surface area contributed by atoms with Crippen molar-refractivity contribution >= 4 is 10.9 Å². The lowest BCUT2D eigenvalue weighted by molar-refractivity contribution is 0.286. The topological polar surface area (TPSA) is 8.17 Å². The number of fused-ring (bicyclic) bond motifs is 1. The number of likely N-dealkylation sites (N-methyl/N-ethyl adjacent to an activating group) is 1. The number of benzene rings is 1. The number of hydrogen-bond donors (Lipinski definition) is 0. The summed E-state index contributed by atoms with van der Waals surface area (Å²) in [5, 5.41) is 0.971. The van der Waals surface area contributed by atoms with Crippen LogP contribution in [0.25, 0.3) is 10.9 Å². The predicted octanol–water partition coefficient (Wildman–Crippen LogP) is 3.04. The lowest BCUT2D eigenvalue weighted by Gasteiger charge is -2.20. The van der Waals surface area contributed by atoms with E-state index in [1.165, 1.54) is 0 Å². The van der Waals surface area contributed by atoms with Crippen LogP contribution in [0.15, 0.2) is 24.4 Å². The Labute approximate surface area is 102 Å². The maximum atomic E-state index is 13.4. The van der Waals surface area contributed by atoms with Crippen LogP contribution in [-0.2, 0) is 6.54 Å². The maximum Gasteiger partial charge on any atom is 0.126 e. The smallest absolute Gasteiger partial charge is 0.126 e. The summed E-state index contributed by atoms with van der Waals surface area (Å²) in [6.07, 6.45) is 2.03. The van der Waals surface area contributed by atoms with E-state index in [0.29, 0.717) is 11.6 Å². The van der Waals surface area contributed by atoms with Crippen molar-refractivity contribution < 1.29 is 4.39 Å². The number of rotatable bonds is 3. The van der Waals surface area contributed by atoms with Gasteiger partial charge in [0.15, 0.2) is 0 Å². The first-order valence-corrected chi connectivity index (χ1v) is 5.90. The normalized spacial score (nSPS) is 13.5. The fourth-order valence-corrected chi connectivity index (χ4v) is 1.92. The van der Waals surface area contributed by atoms with Crippen molar-refractivity contribution in [3.63, 3.8) is 0 Å².